The molecule has 0 aliphatic carbocycles. The van der Waals surface area contributed by atoms with Crippen LogP contribution in [0.4, 0.5) is 20.6 Å². The van der Waals surface area contributed by atoms with Gasteiger partial charge in [0, 0.05) is 19.1 Å². The third-order valence-corrected chi connectivity index (χ3v) is 6.35. The minimum atomic E-state index is -3.90. The molecule has 31 heavy (non-hydrogen) atoms. The molecule has 1 aliphatic rings. The number of para-hydroxylation sites is 2. The van der Waals surface area contributed by atoms with E-state index in [4.69, 9.17) is 0 Å². The van der Waals surface area contributed by atoms with Gasteiger partial charge in [-0.15, -0.1) is 0 Å². The predicted octanol–water partition coefficient (Wildman–Crippen LogP) is 3.39. The van der Waals surface area contributed by atoms with Gasteiger partial charge in [0.05, 0.1) is 21.8 Å². The lowest BCUT2D eigenvalue weighted by Gasteiger charge is -2.18. The SMILES string of the molecule is CC(C)NS(=O)(=O)c1ccc(F)c(C(=O)Nc2ccccc2NC(=O)N2CCCC2)c1. The first-order chi connectivity index (χ1) is 14.7. The highest BCUT2D eigenvalue weighted by atomic mass is 32.2. The standard InChI is InChI=1S/C21H25FN4O4S/c1-14(2)25-31(29,30)15-9-10-17(22)16(13-15)20(27)23-18-7-3-4-8-19(18)24-21(28)26-11-5-6-12-26/h3-4,7-10,13-14,25H,5-6,11-12H2,1-2H3,(H,23,27)(H,24,28). The number of amides is 3. The molecule has 8 nitrogen and oxygen atoms in total. The van der Waals surface area contributed by atoms with Crippen LogP contribution in [-0.2, 0) is 10.0 Å². The van der Waals surface area contributed by atoms with Crippen molar-refractivity contribution in [1.29, 1.82) is 0 Å². The molecule has 0 spiro atoms. The molecule has 0 bridgehead atoms. The Kier molecular flexibility index (Phi) is 6.91. The van der Waals surface area contributed by atoms with Crippen LogP contribution in [0.15, 0.2) is 47.4 Å². The minimum absolute atomic E-state index is 0.219. The van der Waals surface area contributed by atoms with E-state index < -0.39 is 27.3 Å². The number of nitrogens with one attached hydrogen (secondary N) is 3. The van der Waals surface area contributed by atoms with Crippen LogP contribution in [0.2, 0.25) is 0 Å². The van der Waals surface area contributed by atoms with Crippen LogP contribution in [0.1, 0.15) is 37.0 Å². The van der Waals surface area contributed by atoms with E-state index in [0.29, 0.717) is 18.8 Å². The highest BCUT2D eigenvalue weighted by Gasteiger charge is 2.22. The average molecular weight is 449 g/mol. The number of anilines is 2. The first kappa shape index (κ1) is 22.7. The van der Waals surface area contributed by atoms with Crippen LogP contribution in [0.3, 0.4) is 0 Å². The molecule has 2 aromatic carbocycles. The molecule has 1 saturated heterocycles. The molecule has 0 atom stereocenters. The van der Waals surface area contributed by atoms with E-state index in [-0.39, 0.29) is 22.7 Å². The number of carbonyl (C=O) groups excluding carboxylic acids is 2. The summed E-state index contributed by atoms with van der Waals surface area (Å²) in [5.74, 6) is -1.69. The summed E-state index contributed by atoms with van der Waals surface area (Å²) in [5, 5.41) is 5.31. The van der Waals surface area contributed by atoms with Gasteiger partial charge in [0.1, 0.15) is 5.82 Å². The van der Waals surface area contributed by atoms with Crippen LogP contribution in [0, 0.1) is 5.82 Å². The first-order valence-electron chi connectivity index (χ1n) is 9.95. The fraction of sp³-hybridized carbons (Fsp3) is 0.333. The van der Waals surface area contributed by atoms with Crippen molar-refractivity contribution in [1.82, 2.24) is 9.62 Å². The van der Waals surface area contributed by atoms with Gasteiger partial charge in [0.2, 0.25) is 10.0 Å². The number of rotatable bonds is 6. The molecular weight excluding hydrogens is 423 g/mol. The number of hydrogen-bond acceptors (Lipinski definition) is 4. The number of urea groups is 1. The number of halogens is 1. The smallest absolute Gasteiger partial charge is 0.321 e. The molecular formula is C21H25FN4O4S. The molecule has 0 unspecified atom stereocenters. The van der Waals surface area contributed by atoms with Gasteiger partial charge < -0.3 is 15.5 Å². The van der Waals surface area contributed by atoms with Crippen molar-refractivity contribution in [3.05, 3.63) is 53.8 Å². The summed E-state index contributed by atoms with van der Waals surface area (Å²) >= 11 is 0. The number of sulfonamides is 1. The Bertz CT molecular complexity index is 1080. The molecule has 1 aliphatic heterocycles. The summed E-state index contributed by atoms with van der Waals surface area (Å²) in [4.78, 5) is 26.6. The number of benzene rings is 2. The van der Waals surface area contributed by atoms with Crippen molar-refractivity contribution < 1.29 is 22.4 Å². The van der Waals surface area contributed by atoms with E-state index >= 15 is 0 Å². The van der Waals surface area contributed by atoms with Gasteiger partial charge in [0.15, 0.2) is 0 Å². The second-order valence-corrected chi connectivity index (χ2v) is 9.26. The van der Waals surface area contributed by atoms with Crippen LogP contribution in [-0.4, -0.2) is 44.4 Å². The Morgan fingerprint density at radius 1 is 1.00 bits per heavy atom. The molecule has 3 rings (SSSR count). The molecule has 2 aromatic rings. The summed E-state index contributed by atoms with van der Waals surface area (Å²) in [6, 6.07) is 8.92. The van der Waals surface area contributed by atoms with E-state index in [1.54, 1.807) is 43.0 Å². The largest absolute Gasteiger partial charge is 0.325 e. The monoisotopic (exact) mass is 448 g/mol. The third-order valence-electron chi connectivity index (χ3n) is 4.69. The lowest BCUT2D eigenvalue weighted by Crippen LogP contribution is -2.32. The Balaban J connectivity index is 1.82. The minimum Gasteiger partial charge on any atom is -0.325 e. The topological polar surface area (TPSA) is 108 Å². The van der Waals surface area contributed by atoms with Crippen molar-refractivity contribution in [2.75, 3.05) is 23.7 Å². The molecule has 1 fully saturated rings. The van der Waals surface area contributed by atoms with Crippen molar-refractivity contribution in [2.24, 2.45) is 0 Å². The summed E-state index contributed by atoms with van der Waals surface area (Å²) in [6.07, 6.45) is 1.88. The molecule has 0 saturated carbocycles. The number of hydrogen-bond donors (Lipinski definition) is 3. The summed E-state index contributed by atoms with van der Waals surface area (Å²) < 4.78 is 41.5. The van der Waals surface area contributed by atoms with E-state index in [2.05, 4.69) is 15.4 Å². The molecule has 166 valence electrons. The van der Waals surface area contributed by atoms with Crippen molar-refractivity contribution >= 4 is 33.3 Å². The molecule has 1 heterocycles. The Morgan fingerprint density at radius 2 is 1.61 bits per heavy atom. The molecule has 0 aromatic heterocycles. The normalized spacial score (nSPS) is 14.0. The van der Waals surface area contributed by atoms with Crippen LogP contribution < -0.4 is 15.4 Å². The maximum absolute atomic E-state index is 14.3. The summed E-state index contributed by atoms with van der Waals surface area (Å²) in [5.41, 5.74) is 0.207. The summed E-state index contributed by atoms with van der Waals surface area (Å²) in [6.45, 7) is 4.64. The predicted molar refractivity (Wildman–Crippen MR) is 116 cm³/mol. The lowest BCUT2D eigenvalue weighted by atomic mass is 10.2. The van der Waals surface area contributed by atoms with Gasteiger partial charge in [-0.1, -0.05) is 12.1 Å². The van der Waals surface area contributed by atoms with Crippen molar-refractivity contribution in [3.8, 4) is 0 Å². The van der Waals surface area contributed by atoms with Crippen LogP contribution >= 0.6 is 0 Å². The van der Waals surface area contributed by atoms with E-state index in [1.165, 1.54) is 0 Å². The summed E-state index contributed by atoms with van der Waals surface area (Å²) in [7, 11) is -3.90. The Morgan fingerprint density at radius 3 is 2.23 bits per heavy atom. The maximum atomic E-state index is 14.3. The van der Waals surface area contributed by atoms with E-state index in [1.807, 2.05) is 0 Å². The van der Waals surface area contributed by atoms with Gasteiger partial charge in [-0.05, 0) is 57.0 Å². The van der Waals surface area contributed by atoms with E-state index in [9.17, 15) is 22.4 Å². The van der Waals surface area contributed by atoms with E-state index in [0.717, 1.165) is 31.0 Å². The quantitative estimate of drug-likeness (QED) is 0.630. The lowest BCUT2D eigenvalue weighted by molar-refractivity contribution is 0.102. The number of likely N-dealkylation sites (tertiary alicyclic amines) is 1. The van der Waals surface area contributed by atoms with Crippen molar-refractivity contribution in [2.45, 2.75) is 37.6 Å². The molecule has 3 N–H and O–H groups in total. The van der Waals surface area contributed by atoms with Gasteiger partial charge in [-0.25, -0.2) is 22.3 Å². The first-order valence-corrected chi connectivity index (χ1v) is 11.4. The highest BCUT2D eigenvalue weighted by Crippen LogP contribution is 2.24. The van der Waals surface area contributed by atoms with Gasteiger partial charge in [0.25, 0.3) is 5.91 Å². The fourth-order valence-corrected chi connectivity index (χ4v) is 4.51. The zero-order chi connectivity index (χ0) is 22.6. The number of nitrogens with zero attached hydrogens (tertiary/aromatic N) is 1. The second-order valence-electron chi connectivity index (χ2n) is 7.54. The second kappa shape index (κ2) is 9.44. The van der Waals surface area contributed by atoms with Crippen molar-refractivity contribution in [3.63, 3.8) is 0 Å². The van der Waals surface area contributed by atoms with Gasteiger partial charge in [-0.3, -0.25) is 4.79 Å². The zero-order valence-corrected chi connectivity index (χ0v) is 18.1. The zero-order valence-electron chi connectivity index (χ0n) is 17.3. The van der Waals surface area contributed by atoms with Gasteiger partial charge in [-0.2, -0.15) is 0 Å². The molecule has 0 radical (unpaired) electrons. The third kappa shape index (κ3) is 5.59. The van der Waals surface area contributed by atoms with Crippen LogP contribution in [0.25, 0.3) is 0 Å². The number of carbonyl (C=O) groups is 2. The van der Waals surface area contributed by atoms with Gasteiger partial charge >= 0.3 is 6.03 Å². The fourth-order valence-electron chi connectivity index (χ4n) is 3.23. The van der Waals surface area contributed by atoms with Crippen LogP contribution in [0.5, 0.6) is 0 Å². The maximum Gasteiger partial charge on any atom is 0.321 e. The Labute approximate surface area is 180 Å². The molecule has 10 heteroatoms. The Hall–Kier alpha value is -2.98. The highest BCUT2D eigenvalue weighted by molar-refractivity contribution is 7.89. The average Bonchev–Trinajstić information content (AvgIpc) is 3.23. The molecule has 3 amide bonds.